The molecule has 5 heteroatoms. The second kappa shape index (κ2) is 4.45. The SMILES string of the molecule is COc1ccc(C2=[N+]([O-])c3c(F)cccc3C2=O)cc1. The van der Waals surface area contributed by atoms with Crippen molar-refractivity contribution in [2.45, 2.75) is 0 Å². The molecule has 0 radical (unpaired) electrons. The van der Waals surface area contributed by atoms with Crippen LogP contribution in [0, 0.1) is 11.0 Å². The first kappa shape index (κ1) is 12.3. The summed E-state index contributed by atoms with van der Waals surface area (Å²) < 4.78 is 19.1. The summed E-state index contributed by atoms with van der Waals surface area (Å²) >= 11 is 0. The molecule has 1 aliphatic rings. The summed E-state index contributed by atoms with van der Waals surface area (Å²) in [5.41, 5.74) is 0.225. The Morgan fingerprint density at radius 1 is 1.15 bits per heavy atom. The zero-order chi connectivity index (χ0) is 14.3. The van der Waals surface area contributed by atoms with Gasteiger partial charge in [0.2, 0.25) is 0 Å². The lowest BCUT2D eigenvalue weighted by Gasteiger charge is -2.03. The maximum Gasteiger partial charge on any atom is 0.273 e. The molecule has 3 rings (SSSR count). The molecule has 100 valence electrons. The van der Waals surface area contributed by atoms with E-state index in [4.69, 9.17) is 4.74 Å². The molecular weight excluding hydrogens is 261 g/mol. The summed E-state index contributed by atoms with van der Waals surface area (Å²) in [7, 11) is 1.52. The fraction of sp³-hybridized carbons (Fsp3) is 0.0667. The van der Waals surface area contributed by atoms with E-state index in [2.05, 4.69) is 0 Å². The topological polar surface area (TPSA) is 52.4 Å². The van der Waals surface area contributed by atoms with E-state index < -0.39 is 11.6 Å². The summed E-state index contributed by atoms with van der Waals surface area (Å²) in [5, 5.41) is 12.2. The predicted octanol–water partition coefficient (Wildman–Crippen LogP) is 2.66. The van der Waals surface area contributed by atoms with E-state index in [1.165, 1.54) is 19.2 Å². The Hall–Kier alpha value is -2.69. The van der Waals surface area contributed by atoms with Gasteiger partial charge in [0.15, 0.2) is 5.82 Å². The number of hydrogen-bond donors (Lipinski definition) is 0. The van der Waals surface area contributed by atoms with Gasteiger partial charge >= 0.3 is 0 Å². The van der Waals surface area contributed by atoms with E-state index in [9.17, 15) is 14.4 Å². The highest BCUT2D eigenvalue weighted by atomic mass is 19.1. The number of ether oxygens (including phenoxy) is 1. The van der Waals surface area contributed by atoms with Crippen LogP contribution in [0.15, 0.2) is 42.5 Å². The molecule has 0 aliphatic carbocycles. The number of fused-ring (bicyclic) bond motifs is 1. The quantitative estimate of drug-likeness (QED) is 0.623. The van der Waals surface area contributed by atoms with Crippen LogP contribution >= 0.6 is 0 Å². The van der Waals surface area contributed by atoms with Crippen molar-refractivity contribution in [2.75, 3.05) is 7.11 Å². The number of hydrogen-bond acceptors (Lipinski definition) is 3. The molecule has 2 aromatic carbocycles. The largest absolute Gasteiger partial charge is 0.618 e. The van der Waals surface area contributed by atoms with Crippen LogP contribution in [0.5, 0.6) is 5.75 Å². The maximum absolute atomic E-state index is 13.7. The van der Waals surface area contributed by atoms with Crippen molar-refractivity contribution in [3.05, 3.63) is 64.6 Å². The molecule has 0 saturated heterocycles. The van der Waals surface area contributed by atoms with Gasteiger partial charge in [-0.05, 0) is 36.4 Å². The minimum Gasteiger partial charge on any atom is -0.618 e. The molecule has 0 saturated carbocycles. The van der Waals surface area contributed by atoms with Crippen LogP contribution in [0.2, 0.25) is 0 Å². The molecule has 0 atom stereocenters. The minimum absolute atomic E-state index is 0.0762. The number of methoxy groups -OCH3 is 1. The van der Waals surface area contributed by atoms with Crippen molar-refractivity contribution in [2.24, 2.45) is 0 Å². The van der Waals surface area contributed by atoms with Gasteiger partial charge in [-0.1, -0.05) is 6.07 Å². The summed E-state index contributed by atoms with van der Waals surface area (Å²) in [6.45, 7) is 0. The van der Waals surface area contributed by atoms with Crippen LogP contribution in [0.1, 0.15) is 15.9 Å². The average molecular weight is 271 g/mol. The van der Waals surface area contributed by atoms with Crippen LogP contribution in [-0.4, -0.2) is 23.3 Å². The Morgan fingerprint density at radius 2 is 1.85 bits per heavy atom. The number of benzene rings is 2. The lowest BCUT2D eigenvalue weighted by atomic mass is 10.0. The van der Waals surface area contributed by atoms with Gasteiger partial charge in [-0.25, -0.2) is 0 Å². The Morgan fingerprint density at radius 3 is 2.45 bits per heavy atom. The number of ketones is 1. The van der Waals surface area contributed by atoms with Gasteiger partial charge in [-0.15, -0.1) is 0 Å². The van der Waals surface area contributed by atoms with Crippen LogP contribution in [0.25, 0.3) is 0 Å². The first-order chi connectivity index (χ1) is 9.63. The van der Waals surface area contributed by atoms with Crippen LogP contribution in [0.4, 0.5) is 10.1 Å². The fourth-order valence-electron chi connectivity index (χ4n) is 2.23. The second-order valence-electron chi connectivity index (χ2n) is 4.34. The number of rotatable bonds is 2. The molecule has 2 aromatic rings. The van der Waals surface area contributed by atoms with Crippen molar-refractivity contribution in [1.82, 2.24) is 0 Å². The predicted molar refractivity (Wildman–Crippen MR) is 71.1 cm³/mol. The highest BCUT2D eigenvalue weighted by Gasteiger charge is 2.38. The molecule has 0 aromatic heterocycles. The summed E-state index contributed by atoms with van der Waals surface area (Å²) in [6, 6.07) is 10.5. The standard InChI is InChI=1S/C15H10FNO3/c1-20-10-7-5-9(6-8-10)13-15(18)11-3-2-4-12(16)14(11)17(13)19/h2-8H,1H3. The Bertz CT molecular complexity index is 735. The lowest BCUT2D eigenvalue weighted by molar-refractivity contribution is -0.358. The van der Waals surface area contributed by atoms with Gasteiger partial charge in [0.1, 0.15) is 11.3 Å². The maximum atomic E-state index is 13.7. The molecule has 4 nitrogen and oxygen atoms in total. The van der Waals surface area contributed by atoms with Gasteiger partial charge in [0, 0.05) is 0 Å². The van der Waals surface area contributed by atoms with Crippen LogP contribution in [-0.2, 0) is 0 Å². The van der Waals surface area contributed by atoms with Gasteiger partial charge < -0.3 is 9.94 Å². The van der Waals surface area contributed by atoms with E-state index in [1.807, 2.05) is 0 Å². The second-order valence-corrected chi connectivity index (χ2v) is 4.34. The molecule has 0 N–H and O–H groups in total. The molecule has 20 heavy (non-hydrogen) atoms. The third kappa shape index (κ3) is 1.67. The van der Waals surface area contributed by atoms with Crippen LogP contribution < -0.4 is 4.74 Å². The Kier molecular flexibility index (Phi) is 2.75. The monoisotopic (exact) mass is 271 g/mol. The van der Waals surface area contributed by atoms with Crippen molar-refractivity contribution in [3.8, 4) is 5.75 Å². The van der Waals surface area contributed by atoms with E-state index >= 15 is 0 Å². The van der Waals surface area contributed by atoms with Gasteiger partial charge in [-0.2, -0.15) is 9.13 Å². The van der Waals surface area contributed by atoms with E-state index in [0.29, 0.717) is 16.1 Å². The smallest absolute Gasteiger partial charge is 0.273 e. The van der Waals surface area contributed by atoms with Crippen molar-refractivity contribution >= 4 is 17.2 Å². The average Bonchev–Trinajstić information content (AvgIpc) is 2.72. The Balaban J connectivity index is 2.15. The van der Waals surface area contributed by atoms with Crippen molar-refractivity contribution < 1.29 is 18.7 Å². The molecule has 0 unspecified atom stereocenters. The number of halogens is 1. The van der Waals surface area contributed by atoms with Crippen LogP contribution in [0.3, 0.4) is 0 Å². The molecule has 0 spiro atoms. The zero-order valence-electron chi connectivity index (χ0n) is 10.6. The van der Waals surface area contributed by atoms with Crippen molar-refractivity contribution in [1.29, 1.82) is 0 Å². The van der Waals surface area contributed by atoms with Crippen molar-refractivity contribution in [3.63, 3.8) is 0 Å². The highest BCUT2D eigenvalue weighted by molar-refractivity contribution is 6.52. The highest BCUT2D eigenvalue weighted by Crippen LogP contribution is 2.30. The van der Waals surface area contributed by atoms with Gasteiger partial charge in [0.25, 0.3) is 17.2 Å². The fourth-order valence-corrected chi connectivity index (χ4v) is 2.23. The third-order valence-corrected chi connectivity index (χ3v) is 3.22. The summed E-state index contributed by atoms with van der Waals surface area (Å²) in [4.78, 5) is 12.2. The lowest BCUT2D eigenvalue weighted by Crippen LogP contribution is -2.16. The molecule has 0 amide bonds. The molecule has 0 bridgehead atoms. The Labute approximate surface area is 114 Å². The molecule has 0 fully saturated rings. The van der Waals surface area contributed by atoms with E-state index in [0.717, 1.165) is 6.07 Å². The number of nitrogens with zero attached hydrogens (tertiary/aromatic N) is 1. The molecular formula is C15H10FNO3. The molecule has 1 aliphatic heterocycles. The number of carbonyl (C=O) groups is 1. The van der Waals surface area contributed by atoms with E-state index in [1.54, 1.807) is 24.3 Å². The minimum atomic E-state index is -0.700. The van der Waals surface area contributed by atoms with E-state index in [-0.39, 0.29) is 17.0 Å². The summed E-state index contributed by atoms with van der Waals surface area (Å²) in [5.74, 6) is -0.560. The molecule has 1 heterocycles. The number of carbonyl (C=O) groups excluding carboxylic acids is 1. The third-order valence-electron chi connectivity index (χ3n) is 3.22. The summed E-state index contributed by atoms with van der Waals surface area (Å²) in [6.07, 6.45) is 0. The number of para-hydroxylation sites is 1. The normalized spacial score (nSPS) is 13.6. The first-order valence-electron chi connectivity index (χ1n) is 5.95. The first-order valence-corrected chi connectivity index (χ1v) is 5.95. The van der Waals surface area contributed by atoms with Gasteiger partial charge in [0.05, 0.1) is 12.7 Å². The number of Topliss-reactive ketones (excluding diaryl/α,β-unsaturated/α-hetero) is 1. The zero-order valence-corrected chi connectivity index (χ0v) is 10.6. The van der Waals surface area contributed by atoms with Gasteiger partial charge in [-0.3, -0.25) is 4.79 Å².